The molecule has 0 aliphatic carbocycles. The van der Waals surface area contributed by atoms with Crippen LogP contribution in [0, 0.1) is 5.92 Å². The van der Waals surface area contributed by atoms with Crippen molar-refractivity contribution in [1.29, 1.82) is 0 Å². The van der Waals surface area contributed by atoms with E-state index in [-0.39, 0.29) is 16.9 Å². The van der Waals surface area contributed by atoms with E-state index in [9.17, 15) is 9.59 Å². The fourth-order valence-corrected chi connectivity index (χ4v) is 2.89. The lowest BCUT2D eigenvalue weighted by Gasteiger charge is -2.16. The van der Waals surface area contributed by atoms with Crippen LogP contribution in [-0.2, 0) is 22.6 Å². The molecule has 1 atom stereocenters. The molecule has 1 aromatic carbocycles. The molecule has 1 unspecified atom stereocenters. The van der Waals surface area contributed by atoms with Crippen molar-refractivity contribution in [3.8, 4) is 0 Å². The van der Waals surface area contributed by atoms with Gasteiger partial charge in [0.05, 0.1) is 5.92 Å². The molecule has 0 aliphatic rings. The minimum atomic E-state index is -0.233. The Morgan fingerprint density at radius 1 is 1.13 bits per heavy atom. The van der Waals surface area contributed by atoms with Gasteiger partial charge in [0.2, 0.25) is 5.91 Å². The van der Waals surface area contributed by atoms with Crippen molar-refractivity contribution in [2.24, 2.45) is 5.92 Å². The highest BCUT2D eigenvalue weighted by atomic mass is 32.2. The molecular weight excluding hydrogens is 308 g/mol. The second-order valence-electron chi connectivity index (χ2n) is 5.27. The number of benzene rings is 1. The third-order valence-electron chi connectivity index (χ3n) is 3.37. The number of nitrogens with one attached hydrogen (secondary N) is 1. The quantitative estimate of drug-likeness (QED) is 0.849. The summed E-state index contributed by atoms with van der Waals surface area (Å²) in [7, 11) is 0. The molecule has 2 aromatic rings. The molecular formula is C18H20N2O2S. The SMILES string of the molecule is CC(=O)SCC(Cc1ccccc1)C(=O)NCc1cccnc1. The first-order valence-corrected chi connectivity index (χ1v) is 8.47. The molecule has 4 nitrogen and oxygen atoms in total. The molecule has 0 radical (unpaired) electrons. The van der Waals surface area contributed by atoms with E-state index in [1.54, 1.807) is 12.4 Å². The van der Waals surface area contributed by atoms with Crippen molar-refractivity contribution in [1.82, 2.24) is 10.3 Å². The van der Waals surface area contributed by atoms with Crippen LogP contribution >= 0.6 is 11.8 Å². The summed E-state index contributed by atoms with van der Waals surface area (Å²) in [6.45, 7) is 1.97. The topological polar surface area (TPSA) is 59.1 Å². The van der Waals surface area contributed by atoms with Gasteiger partial charge < -0.3 is 5.32 Å². The van der Waals surface area contributed by atoms with Crippen LogP contribution < -0.4 is 5.32 Å². The first-order valence-electron chi connectivity index (χ1n) is 7.49. The van der Waals surface area contributed by atoms with Crippen molar-refractivity contribution in [3.05, 3.63) is 66.0 Å². The van der Waals surface area contributed by atoms with Crippen molar-refractivity contribution in [2.45, 2.75) is 19.9 Å². The van der Waals surface area contributed by atoms with Crippen LogP contribution in [0.3, 0.4) is 0 Å². The molecule has 120 valence electrons. The minimum absolute atomic E-state index is 0.0307. The summed E-state index contributed by atoms with van der Waals surface area (Å²) >= 11 is 1.20. The largest absolute Gasteiger partial charge is 0.352 e. The van der Waals surface area contributed by atoms with E-state index in [1.165, 1.54) is 18.7 Å². The van der Waals surface area contributed by atoms with Crippen LogP contribution in [0.2, 0.25) is 0 Å². The summed E-state index contributed by atoms with van der Waals surface area (Å²) in [5, 5.41) is 2.97. The van der Waals surface area contributed by atoms with E-state index in [4.69, 9.17) is 0 Å². The Kier molecular flexibility index (Phi) is 6.81. The fraction of sp³-hybridized carbons (Fsp3) is 0.278. The standard InChI is InChI=1S/C18H20N2O2S/c1-14(21)23-13-17(10-15-6-3-2-4-7-15)18(22)20-12-16-8-5-9-19-11-16/h2-9,11,17H,10,12-13H2,1H3,(H,20,22). The van der Waals surface area contributed by atoms with E-state index >= 15 is 0 Å². The maximum absolute atomic E-state index is 12.5. The number of hydrogen-bond donors (Lipinski definition) is 1. The van der Waals surface area contributed by atoms with Gasteiger partial charge >= 0.3 is 0 Å². The van der Waals surface area contributed by atoms with E-state index in [2.05, 4.69) is 10.3 Å². The van der Waals surface area contributed by atoms with Gasteiger partial charge in [-0.2, -0.15) is 0 Å². The first kappa shape index (κ1) is 17.2. The highest BCUT2D eigenvalue weighted by molar-refractivity contribution is 8.13. The van der Waals surface area contributed by atoms with Gasteiger partial charge in [-0.25, -0.2) is 0 Å². The average molecular weight is 328 g/mol. The molecule has 23 heavy (non-hydrogen) atoms. The number of rotatable bonds is 7. The van der Waals surface area contributed by atoms with Gasteiger partial charge in [0, 0.05) is 31.6 Å². The summed E-state index contributed by atoms with van der Waals surface area (Å²) in [6, 6.07) is 13.6. The molecule has 0 saturated heterocycles. The van der Waals surface area contributed by atoms with Crippen LogP contribution in [0.15, 0.2) is 54.9 Å². The van der Waals surface area contributed by atoms with Gasteiger partial charge in [-0.3, -0.25) is 14.6 Å². The molecule has 0 saturated carbocycles. The summed E-state index contributed by atoms with van der Waals surface area (Å²) < 4.78 is 0. The van der Waals surface area contributed by atoms with Crippen molar-refractivity contribution >= 4 is 22.8 Å². The molecule has 1 amide bonds. The number of pyridine rings is 1. The average Bonchev–Trinajstić information content (AvgIpc) is 2.58. The lowest BCUT2D eigenvalue weighted by molar-refractivity contribution is -0.124. The summed E-state index contributed by atoms with van der Waals surface area (Å²) in [5.41, 5.74) is 2.05. The molecule has 0 aliphatic heterocycles. The Hall–Kier alpha value is -2.14. The number of amides is 1. The molecule has 2 rings (SSSR count). The molecule has 1 heterocycles. The van der Waals surface area contributed by atoms with E-state index in [0.717, 1.165) is 11.1 Å². The van der Waals surface area contributed by atoms with Crippen LogP contribution in [-0.4, -0.2) is 21.8 Å². The highest BCUT2D eigenvalue weighted by Crippen LogP contribution is 2.16. The monoisotopic (exact) mass is 328 g/mol. The zero-order chi connectivity index (χ0) is 16.5. The van der Waals surface area contributed by atoms with E-state index in [1.807, 2.05) is 42.5 Å². The number of thioether (sulfide) groups is 1. The molecule has 5 heteroatoms. The summed E-state index contributed by atoms with van der Waals surface area (Å²) in [5.74, 6) is 0.220. The van der Waals surface area contributed by atoms with Crippen LogP contribution in [0.4, 0.5) is 0 Å². The Morgan fingerprint density at radius 3 is 2.52 bits per heavy atom. The maximum Gasteiger partial charge on any atom is 0.224 e. The first-order chi connectivity index (χ1) is 11.1. The summed E-state index contributed by atoms with van der Waals surface area (Å²) in [4.78, 5) is 27.7. The number of aromatic nitrogens is 1. The number of nitrogens with zero attached hydrogens (tertiary/aromatic N) is 1. The third-order valence-corrected chi connectivity index (χ3v) is 4.35. The number of carbonyl (C=O) groups excluding carboxylic acids is 2. The van der Waals surface area contributed by atoms with E-state index < -0.39 is 0 Å². The maximum atomic E-state index is 12.5. The van der Waals surface area contributed by atoms with E-state index in [0.29, 0.717) is 18.7 Å². The van der Waals surface area contributed by atoms with Gasteiger partial charge in [-0.05, 0) is 23.6 Å². The minimum Gasteiger partial charge on any atom is -0.352 e. The Morgan fingerprint density at radius 2 is 1.87 bits per heavy atom. The van der Waals surface area contributed by atoms with Crippen molar-refractivity contribution in [3.63, 3.8) is 0 Å². The smallest absolute Gasteiger partial charge is 0.224 e. The van der Waals surface area contributed by atoms with Gasteiger partial charge in [0.25, 0.3) is 0 Å². The third kappa shape index (κ3) is 6.24. The van der Waals surface area contributed by atoms with Crippen LogP contribution in [0.1, 0.15) is 18.1 Å². The fourth-order valence-electron chi connectivity index (χ4n) is 2.18. The molecule has 0 bridgehead atoms. The lowest BCUT2D eigenvalue weighted by Crippen LogP contribution is -2.33. The molecule has 0 fully saturated rings. The van der Waals surface area contributed by atoms with Crippen molar-refractivity contribution < 1.29 is 9.59 Å². The molecule has 1 N–H and O–H groups in total. The van der Waals surface area contributed by atoms with Gasteiger partial charge in [-0.15, -0.1) is 0 Å². The highest BCUT2D eigenvalue weighted by Gasteiger charge is 2.19. The lowest BCUT2D eigenvalue weighted by atomic mass is 10.00. The summed E-state index contributed by atoms with van der Waals surface area (Å²) in [6.07, 6.45) is 4.06. The zero-order valence-electron chi connectivity index (χ0n) is 13.1. The second kappa shape index (κ2) is 9.10. The van der Waals surface area contributed by atoms with Crippen molar-refractivity contribution in [2.75, 3.05) is 5.75 Å². The molecule has 0 spiro atoms. The second-order valence-corrected chi connectivity index (χ2v) is 6.47. The Bertz CT molecular complexity index is 632. The van der Waals surface area contributed by atoms with Crippen LogP contribution in [0.25, 0.3) is 0 Å². The van der Waals surface area contributed by atoms with Gasteiger partial charge in [0.1, 0.15) is 0 Å². The Balaban J connectivity index is 1.97. The van der Waals surface area contributed by atoms with Crippen LogP contribution in [0.5, 0.6) is 0 Å². The predicted octanol–water partition coefficient (Wildman–Crippen LogP) is 2.84. The number of hydrogen-bond acceptors (Lipinski definition) is 4. The number of carbonyl (C=O) groups is 2. The molecule has 1 aromatic heterocycles. The zero-order valence-corrected chi connectivity index (χ0v) is 13.9. The van der Waals surface area contributed by atoms with Gasteiger partial charge in [-0.1, -0.05) is 48.2 Å². The predicted molar refractivity (Wildman–Crippen MR) is 92.9 cm³/mol. The van der Waals surface area contributed by atoms with Gasteiger partial charge in [0.15, 0.2) is 5.12 Å². The Labute approximate surface area is 140 Å². The normalized spacial score (nSPS) is 11.7.